The van der Waals surface area contributed by atoms with Crippen LogP contribution in [0.15, 0.2) is 0 Å². The first-order valence-corrected chi connectivity index (χ1v) is 4.18. The molecule has 0 aromatic carbocycles. The predicted octanol–water partition coefficient (Wildman–Crippen LogP) is -0.562. The molecule has 1 aliphatic heterocycles. The predicted molar refractivity (Wildman–Crippen MR) is 45.6 cm³/mol. The summed E-state index contributed by atoms with van der Waals surface area (Å²) in [4.78, 5) is 13.3. The molecule has 0 bridgehead atoms. The van der Waals surface area contributed by atoms with Crippen LogP contribution >= 0.6 is 0 Å². The lowest BCUT2D eigenvalue weighted by molar-refractivity contribution is -0.146. The van der Waals surface area contributed by atoms with E-state index in [1.165, 1.54) is 7.11 Å². The third-order valence-electron chi connectivity index (χ3n) is 2.52. The summed E-state index contributed by atoms with van der Waals surface area (Å²) in [6.07, 6.45) is 0.993. The lowest BCUT2D eigenvalue weighted by Gasteiger charge is -2.20. The van der Waals surface area contributed by atoms with Crippen LogP contribution in [0.3, 0.4) is 0 Å². The van der Waals surface area contributed by atoms with Crippen molar-refractivity contribution in [3.8, 4) is 0 Å². The molecular formula is C8H16N2O2. The smallest absolute Gasteiger partial charge is 0.323 e. The van der Waals surface area contributed by atoms with Gasteiger partial charge in [-0.1, -0.05) is 0 Å². The van der Waals surface area contributed by atoms with Crippen molar-refractivity contribution in [2.45, 2.75) is 12.5 Å². The average Bonchev–Trinajstić information content (AvgIpc) is 2.45. The zero-order valence-electron chi connectivity index (χ0n) is 7.62. The molecule has 0 radical (unpaired) electrons. The Labute approximate surface area is 72.7 Å². The largest absolute Gasteiger partial charge is 0.468 e. The summed E-state index contributed by atoms with van der Waals surface area (Å²) < 4.78 is 4.70. The summed E-state index contributed by atoms with van der Waals surface area (Å²) in [6, 6.07) is -0.125. The summed E-state index contributed by atoms with van der Waals surface area (Å²) in [5.74, 6) is 0.105. The molecule has 2 atom stereocenters. The Hall–Kier alpha value is -0.610. The van der Waals surface area contributed by atoms with Gasteiger partial charge in [-0.25, -0.2) is 0 Å². The standard InChI is InChI=1S/C8H16N2O2/c1-10-4-3-6(5-9)7(10)8(11)12-2/h6-7H,3-5,9H2,1-2H3/t6-,7+/m1/s1. The van der Waals surface area contributed by atoms with E-state index in [9.17, 15) is 4.79 Å². The number of esters is 1. The fraction of sp³-hybridized carbons (Fsp3) is 0.875. The van der Waals surface area contributed by atoms with Gasteiger partial charge in [-0.15, -0.1) is 0 Å². The molecular weight excluding hydrogens is 156 g/mol. The van der Waals surface area contributed by atoms with Crippen molar-refractivity contribution in [3.05, 3.63) is 0 Å². The van der Waals surface area contributed by atoms with Crippen LogP contribution in [0.4, 0.5) is 0 Å². The number of carbonyl (C=O) groups is 1. The summed E-state index contributed by atoms with van der Waals surface area (Å²) in [5.41, 5.74) is 5.54. The first kappa shape index (κ1) is 9.48. The fourth-order valence-corrected chi connectivity index (χ4v) is 1.77. The Morgan fingerprint density at radius 3 is 2.92 bits per heavy atom. The molecule has 0 spiro atoms. The zero-order chi connectivity index (χ0) is 9.14. The Kier molecular flexibility index (Phi) is 3.05. The van der Waals surface area contributed by atoms with Crippen molar-refractivity contribution in [2.24, 2.45) is 11.7 Å². The van der Waals surface area contributed by atoms with Gasteiger partial charge >= 0.3 is 5.97 Å². The van der Waals surface area contributed by atoms with Crippen molar-refractivity contribution >= 4 is 5.97 Å². The number of carbonyl (C=O) groups excluding carboxylic acids is 1. The van der Waals surface area contributed by atoms with Gasteiger partial charge in [-0.05, 0) is 32.5 Å². The van der Waals surface area contributed by atoms with E-state index < -0.39 is 0 Å². The molecule has 0 saturated carbocycles. The number of ether oxygens (including phenoxy) is 1. The number of hydrogen-bond acceptors (Lipinski definition) is 4. The van der Waals surface area contributed by atoms with Crippen LogP contribution in [0.25, 0.3) is 0 Å². The van der Waals surface area contributed by atoms with Gasteiger partial charge in [0.2, 0.25) is 0 Å². The minimum absolute atomic E-state index is 0.125. The quantitative estimate of drug-likeness (QED) is 0.567. The zero-order valence-corrected chi connectivity index (χ0v) is 7.62. The number of rotatable bonds is 2. The second-order valence-electron chi connectivity index (χ2n) is 3.23. The molecule has 0 amide bonds. The van der Waals surface area contributed by atoms with Crippen LogP contribution in [-0.4, -0.2) is 44.2 Å². The Morgan fingerprint density at radius 1 is 1.75 bits per heavy atom. The van der Waals surface area contributed by atoms with Crippen LogP contribution in [0.2, 0.25) is 0 Å². The highest BCUT2D eigenvalue weighted by molar-refractivity contribution is 5.76. The summed E-state index contributed by atoms with van der Waals surface area (Å²) >= 11 is 0. The number of likely N-dealkylation sites (tertiary alicyclic amines) is 1. The van der Waals surface area contributed by atoms with E-state index in [1.54, 1.807) is 0 Å². The maximum atomic E-state index is 11.3. The first-order chi connectivity index (χ1) is 5.70. The van der Waals surface area contributed by atoms with E-state index in [0.717, 1.165) is 13.0 Å². The van der Waals surface area contributed by atoms with Gasteiger partial charge in [-0.3, -0.25) is 9.69 Å². The highest BCUT2D eigenvalue weighted by Crippen LogP contribution is 2.22. The maximum Gasteiger partial charge on any atom is 0.323 e. The molecule has 1 heterocycles. The van der Waals surface area contributed by atoms with Crippen molar-refractivity contribution in [2.75, 3.05) is 27.2 Å². The van der Waals surface area contributed by atoms with Crippen LogP contribution in [-0.2, 0) is 9.53 Å². The van der Waals surface area contributed by atoms with E-state index >= 15 is 0 Å². The van der Waals surface area contributed by atoms with Gasteiger partial charge < -0.3 is 10.5 Å². The van der Waals surface area contributed by atoms with Crippen LogP contribution in [0.5, 0.6) is 0 Å². The molecule has 2 N–H and O–H groups in total. The SMILES string of the molecule is COC(=O)[C@@H]1[C@@H](CN)CCN1C. The molecule has 1 saturated heterocycles. The van der Waals surface area contributed by atoms with Gasteiger partial charge in [0.1, 0.15) is 6.04 Å². The number of methoxy groups -OCH3 is 1. The normalized spacial score (nSPS) is 30.6. The monoisotopic (exact) mass is 172 g/mol. The molecule has 70 valence electrons. The third kappa shape index (κ3) is 1.59. The highest BCUT2D eigenvalue weighted by atomic mass is 16.5. The summed E-state index contributed by atoms with van der Waals surface area (Å²) in [6.45, 7) is 1.49. The van der Waals surface area contributed by atoms with Crippen molar-refractivity contribution < 1.29 is 9.53 Å². The van der Waals surface area contributed by atoms with Crippen molar-refractivity contribution in [3.63, 3.8) is 0 Å². The summed E-state index contributed by atoms with van der Waals surface area (Å²) in [7, 11) is 3.35. The number of likely N-dealkylation sites (N-methyl/N-ethyl adjacent to an activating group) is 1. The molecule has 0 aromatic rings. The van der Waals surface area contributed by atoms with E-state index in [2.05, 4.69) is 0 Å². The molecule has 0 aromatic heterocycles. The Balaban J connectivity index is 2.63. The Morgan fingerprint density at radius 2 is 2.42 bits per heavy atom. The Bertz CT molecular complexity index is 172. The van der Waals surface area contributed by atoms with E-state index in [0.29, 0.717) is 6.54 Å². The molecule has 1 fully saturated rings. The minimum Gasteiger partial charge on any atom is -0.468 e. The topological polar surface area (TPSA) is 55.6 Å². The van der Waals surface area contributed by atoms with E-state index in [-0.39, 0.29) is 17.9 Å². The van der Waals surface area contributed by atoms with E-state index in [1.807, 2.05) is 11.9 Å². The maximum absolute atomic E-state index is 11.3. The minimum atomic E-state index is -0.162. The lowest BCUT2D eigenvalue weighted by Crippen LogP contribution is -2.40. The number of nitrogens with zero attached hydrogens (tertiary/aromatic N) is 1. The van der Waals surface area contributed by atoms with Crippen molar-refractivity contribution in [1.82, 2.24) is 4.90 Å². The highest BCUT2D eigenvalue weighted by Gasteiger charge is 2.36. The lowest BCUT2D eigenvalue weighted by atomic mass is 10.0. The fourth-order valence-electron chi connectivity index (χ4n) is 1.77. The molecule has 1 aliphatic rings. The van der Waals surface area contributed by atoms with Crippen LogP contribution in [0.1, 0.15) is 6.42 Å². The second kappa shape index (κ2) is 3.87. The summed E-state index contributed by atoms with van der Waals surface area (Å²) in [5, 5.41) is 0. The molecule has 0 unspecified atom stereocenters. The molecule has 0 aliphatic carbocycles. The third-order valence-corrected chi connectivity index (χ3v) is 2.52. The van der Waals surface area contributed by atoms with Gasteiger partial charge in [0, 0.05) is 0 Å². The number of hydrogen-bond donors (Lipinski definition) is 1. The van der Waals surface area contributed by atoms with Gasteiger partial charge in [0.05, 0.1) is 7.11 Å². The average molecular weight is 172 g/mol. The van der Waals surface area contributed by atoms with Crippen LogP contribution in [0, 0.1) is 5.92 Å². The molecule has 4 nitrogen and oxygen atoms in total. The molecule has 12 heavy (non-hydrogen) atoms. The van der Waals surface area contributed by atoms with Gasteiger partial charge in [0.15, 0.2) is 0 Å². The van der Waals surface area contributed by atoms with E-state index in [4.69, 9.17) is 10.5 Å². The van der Waals surface area contributed by atoms with Gasteiger partial charge in [0.25, 0.3) is 0 Å². The van der Waals surface area contributed by atoms with Crippen LogP contribution < -0.4 is 5.73 Å². The first-order valence-electron chi connectivity index (χ1n) is 4.18. The molecule has 1 rings (SSSR count). The van der Waals surface area contributed by atoms with Crippen molar-refractivity contribution in [1.29, 1.82) is 0 Å². The second-order valence-corrected chi connectivity index (χ2v) is 3.23. The molecule has 4 heteroatoms. The number of nitrogens with two attached hydrogens (primary N) is 1. The van der Waals surface area contributed by atoms with Gasteiger partial charge in [-0.2, -0.15) is 0 Å².